The summed E-state index contributed by atoms with van der Waals surface area (Å²) < 4.78 is 26.3. The second kappa shape index (κ2) is 7.96. The lowest BCUT2D eigenvalue weighted by atomic mass is 10.1. The first-order chi connectivity index (χ1) is 13.3. The lowest BCUT2D eigenvalue weighted by Gasteiger charge is -2.09. The Morgan fingerprint density at radius 2 is 1.32 bits per heavy atom. The highest BCUT2D eigenvalue weighted by atomic mass is 19.2. The first-order valence-electron chi connectivity index (χ1n) is 8.43. The number of nitrogens with zero attached hydrogens (tertiary/aromatic N) is 1. The van der Waals surface area contributed by atoms with Crippen molar-refractivity contribution in [3.05, 3.63) is 88.7 Å². The lowest BCUT2D eigenvalue weighted by molar-refractivity contribution is 0.102. The van der Waals surface area contributed by atoms with Crippen LogP contribution in [0.1, 0.15) is 31.8 Å². The molecule has 28 heavy (non-hydrogen) atoms. The quantitative estimate of drug-likeness (QED) is 0.700. The number of pyridine rings is 1. The highest BCUT2D eigenvalue weighted by Gasteiger charge is 2.13. The number of anilines is 2. The van der Waals surface area contributed by atoms with Gasteiger partial charge in [-0.25, -0.2) is 8.78 Å². The molecule has 0 aliphatic heterocycles. The molecule has 0 spiro atoms. The number of hydrogen-bond donors (Lipinski definition) is 2. The molecule has 3 rings (SSSR count). The number of carbonyl (C=O) groups is 2. The Morgan fingerprint density at radius 3 is 1.89 bits per heavy atom. The van der Waals surface area contributed by atoms with E-state index >= 15 is 0 Å². The van der Waals surface area contributed by atoms with Crippen molar-refractivity contribution in [1.82, 2.24) is 4.98 Å². The summed E-state index contributed by atoms with van der Waals surface area (Å²) in [5.41, 5.74) is 3.05. The van der Waals surface area contributed by atoms with Gasteiger partial charge in [0.2, 0.25) is 0 Å². The molecule has 0 bridgehead atoms. The highest BCUT2D eigenvalue weighted by Crippen LogP contribution is 2.17. The molecule has 1 heterocycles. The van der Waals surface area contributed by atoms with Crippen LogP contribution in [0.3, 0.4) is 0 Å². The number of aryl methyl sites for hydroxylation is 2. The Hall–Kier alpha value is -3.61. The van der Waals surface area contributed by atoms with Crippen molar-refractivity contribution in [3.63, 3.8) is 0 Å². The van der Waals surface area contributed by atoms with E-state index < -0.39 is 23.4 Å². The van der Waals surface area contributed by atoms with Gasteiger partial charge in [-0.1, -0.05) is 6.07 Å². The van der Waals surface area contributed by atoms with Crippen LogP contribution in [0.25, 0.3) is 0 Å². The predicted molar refractivity (Wildman–Crippen MR) is 102 cm³/mol. The average Bonchev–Trinajstić information content (AvgIpc) is 2.64. The Morgan fingerprint density at radius 1 is 0.750 bits per heavy atom. The van der Waals surface area contributed by atoms with E-state index in [0.717, 1.165) is 23.3 Å². The van der Waals surface area contributed by atoms with Gasteiger partial charge in [0.05, 0.1) is 11.1 Å². The van der Waals surface area contributed by atoms with Gasteiger partial charge in [0.1, 0.15) is 0 Å². The van der Waals surface area contributed by atoms with E-state index in [1.807, 2.05) is 32.0 Å². The normalized spacial score (nSPS) is 10.4. The van der Waals surface area contributed by atoms with Crippen LogP contribution in [-0.2, 0) is 0 Å². The van der Waals surface area contributed by atoms with Gasteiger partial charge >= 0.3 is 0 Å². The minimum absolute atomic E-state index is 0.0917. The molecule has 7 heteroatoms. The smallest absolute Gasteiger partial charge is 0.257 e. The van der Waals surface area contributed by atoms with Crippen molar-refractivity contribution in [2.75, 3.05) is 10.6 Å². The van der Waals surface area contributed by atoms with Crippen LogP contribution >= 0.6 is 0 Å². The molecule has 0 aliphatic rings. The third kappa shape index (κ3) is 4.56. The maximum absolute atomic E-state index is 13.3. The predicted octanol–water partition coefficient (Wildman–Crippen LogP) is 4.48. The summed E-state index contributed by atoms with van der Waals surface area (Å²) in [6, 6.07) is 10.0. The zero-order valence-corrected chi connectivity index (χ0v) is 15.2. The molecule has 2 aromatic carbocycles. The maximum Gasteiger partial charge on any atom is 0.257 e. The summed E-state index contributed by atoms with van der Waals surface area (Å²) in [6.45, 7) is 3.85. The Kier molecular flexibility index (Phi) is 5.44. The van der Waals surface area contributed by atoms with Gasteiger partial charge in [0, 0.05) is 29.8 Å². The van der Waals surface area contributed by atoms with Crippen LogP contribution in [0.5, 0.6) is 0 Å². The third-order valence-electron chi connectivity index (χ3n) is 3.92. The molecule has 2 amide bonds. The van der Waals surface area contributed by atoms with Gasteiger partial charge < -0.3 is 10.6 Å². The monoisotopic (exact) mass is 381 g/mol. The Bertz CT molecular complexity index is 1050. The summed E-state index contributed by atoms with van der Waals surface area (Å²) in [5.74, 6) is -3.10. The summed E-state index contributed by atoms with van der Waals surface area (Å²) in [6.07, 6.45) is 2.62. The number of hydrogen-bond acceptors (Lipinski definition) is 3. The number of carbonyl (C=O) groups excluding carboxylic acids is 2. The molecule has 0 saturated heterocycles. The lowest BCUT2D eigenvalue weighted by Crippen LogP contribution is -2.16. The molecule has 0 radical (unpaired) electrons. The van der Waals surface area contributed by atoms with E-state index in [1.165, 1.54) is 24.5 Å². The topological polar surface area (TPSA) is 71.1 Å². The minimum Gasteiger partial charge on any atom is -0.322 e. The second-order valence-electron chi connectivity index (χ2n) is 6.38. The fraction of sp³-hybridized carbons (Fsp3) is 0.0952. The third-order valence-corrected chi connectivity index (χ3v) is 3.92. The van der Waals surface area contributed by atoms with E-state index in [0.29, 0.717) is 5.69 Å². The van der Waals surface area contributed by atoms with Crippen LogP contribution in [0, 0.1) is 25.5 Å². The number of aromatic nitrogens is 1. The van der Waals surface area contributed by atoms with Crippen molar-refractivity contribution in [2.24, 2.45) is 0 Å². The standard InChI is InChI=1S/C21H17F2N3O2/c1-12-5-13(2)7-17(6-12)26-21(28)15-8-14(10-24-11-15)20(27)25-16-3-4-18(22)19(23)9-16/h3-11H,1-2H3,(H,25,27)(H,26,28). The van der Waals surface area contributed by atoms with Crippen LogP contribution in [-0.4, -0.2) is 16.8 Å². The van der Waals surface area contributed by atoms with Crippen molar-refractivity contribution in [3.8, 4) is 0 Å². The molecule has 0 saturated carbocycles. The highest BCUT2D eigenvalue weighted by molar-refractivity contribution is 6.08. The first kappa shape index (κ1) is 19.2. The molecule has 0 atom stereocenters. The zero-order valence-electron chi connectivity index (χ0n) is 15.2. The van der Waals surface area contributed by atoms with Gasteiger partial charge in [-0.15, -0.1) is 0 Å². The molecule has 2 N–H and O–H groups in total. The number of amides is 2. The molecular formula is C21H17F2N3O2. The maximum atomic E-state index is 13.3. The van der Waals surface area contributed by atoms with Crippen LogP contribution in [0.4, 0.5) is 20.2 Å². The van der Waals surface area contributed by atoms with E-state index in [-0.39, 0.29) is 16.8 Å². The molecule has 3 aromatic rings. The molecular weight excluding hydrogens is 364 g/mol. The summed E-state index contributed by atoms with van der Waals surface area (Å²) in [4.78, 5) is 28.7. The Labute approximate surface area is 160 Å². The van der Waals surface area contributed by atoms with Crippen LogP contribution in [0.2, 0.25) is 0 Å². The molecule has 142 valence electrons. The van der Waals surface area contributed by atoms with Gasteiger partial charge in [-0.3, -0.25) is 14.6 Å². The Balaban J connectivity index is 1.76. The second-order valence-corrected chi connectivity index (χ2v) is 6.38. The number of rotatable bonds is 4. The average molecular weight is 381 g/mol. The van der Waals surface area contributed by atoms with E-state index in [4.69, 9.17) is 0 Å². The number of benzene rings is 2. The fourth-order valence-electron chi connectivity index (χ4n) is 2.72. The molecule has 1 aromatic heterocycles. The minimum atomic E-state index is -1.07. The zero-order chi connectivity index (χ0) is 20.3. The number of halogens is 2. The van der Waals surface area contributed by atoms with Gasteiger partial charge in [0.15, 0.2) is 11.6 Å². The summed E-state index contributed by atoms with van der Waals surface area (Å²) >= 11 is 0. The molecule has 0 aliphatic carbocycles. The number of nitrogens with one attached hydrogen (secondary N) is 2. The molecule has 0 fully saturated rings. The van der Waals surface area contributed by atoms with E-state index in [1.54, 1.807) is 0 Å². The van der Waals surface area contributed by atoms with Crippen molar-refractivity contribution in [2.45, 2.75) is 13.8 Å². The summed E-state index contributed by atoms with van der Waals surface area (Å²) in [7, 11) is 0. The van der Waals surface area contributed by atoms with Crippen LogP contribution < -0.4 is 10.6 Å². The summed E-state index contributed by atoms with van der Waals surface area (Å²) in [5, 5.41) is 5.21. The van der Waals surface area contributed by atoms with E-state index in [9.17, 15) is 18.4 Å². The molecule has 0 unspecified atom stereocenters. The van der Waals surface area contributed by atoms with Gasteiger partial charge in [-0.2, -0.15) is 0 Å². The van der Waals surface area contributed by atoms with Crippen molar-refractivity contribution < 1.29 is 18.4 Å². The van der Waals surface area contributed by atoms with Crippen molar-refractivity contribution in [1.29, 1.82) is 0 Å². The molecule has 5 nitrogen and oxygen atoms in total. The van der Waals surface area contributed by atoms with Gasteiger partial charge in [-0.05, 0) is 55.3 Å². The SMILES string of the molecule is Cc1cc(C)cc(NC(=O)c2cncc(C(=O)Nc3ccc(F)c(F)c3)c2)c1. The van der Waals surface area contributed by atoms with Gasteiger partial charge in [0.25, 0.3) is 11.8 Å². The largest absolute Gasteiger partial charge is 0.322 e. The van der Waals surface area contributed by atoms with Crippen LogP contribution in [0.15, 0.2) is 54.9 Å². The van der Waals surface area contributed by atoms with E-state index in [2.05, 4.69) is 15.6 Å². The first-order valence-corrected chi connectivity index (χ1v) is 8.43. The van der Waals surface area contributed by atoms with Crippen molar-refractivity contribution >= 4 is 23.2 Å². The fourth-order valence-corrected chi connectivity index (χ4v) is 2.72.